The molecule has 3 heteroatoms. The fourth-order valence-electron chi connectivity index (χ4n) is 0.557. The molecule has 0 aromatic rings. The van der Waals surface area contributed by atoms with E-state index in [2.05, 4.69) is 0 Å². The maximum Gasteiger partial charge on any atom is 0.240 e. The fraction of sp³-hybridized carbons (Fsp3) is 0.333. The molecule has 0 unspecified atom stereocenters. The molecule has 48 valence electrons. The predicted molar refractivity (Wildman–Crippen MR) is 29.7 cm³/mol. The van der Waals surface area contributed by atoms with Gasteiger partial charge in [-0.1, -0.05) is 0 Å². The predicted octanol–water partition coefficient (Wildman–Crippen LogP) is 0.0586. The zero-order valence-corrected chi connectivity index (χ0v) is 5.01. The van der Waals surface area contributed by atoms with Crippen LogP contribution in [0.25, 0.3) is 0 Å². The van der Waals surface area contributed by atoms with E-state index in [1.165, 1.54) is 6.08 Å². The molecule has 0 bridgehead atoms. The Labute approximate surface area is 52.3 Å². The number of allylic oxidation sites excluding steroid dienone is 2. The van der Waals surface area contributed by atoms with Crippen LogP contribution >= 0.6 is 0 Å². The summed E-state index contributed by atoms with van der Waals surface area (Å²) in [6.45, 7) is 1.55. The molecule has 0 saturated heterocycles. The van der Waals surface area contributed by atoms with Gasteiger partial charge >= 0.3 is 0 Å². The molecule has 0 atom stereocenters. The van der Waals surface area contributed by atoms with Crippen molar-refractivity contribution >= 4 is 11.6 Å². The van der Waals surface area contributed by atoms with Crippen molar-refractivity contribution in [3.05, 3.63) is 11.8 Å². The molecule has 9 heavy (non-hydrogen) atoms. The molecule has 0 aromatic heterocycles. The van der Waals surface area contributed by atoms with Crippen molar-refractivity contribution in [2.75, 3.05) is 6.61 Å². The summed E-state index contributed by atoms with van der Waals surface area (Å²) in [4.78, 5) is 20.9. The van der Waals surface area contributed by atoms with Gasteiger partial charge in [-0.25, -0.2) is 0 Å². The number of carbonyl (C=O) groups excluding carboxylic acids is 2. The number of carbonyl (C=O) groups is 2. The summed E-state index contributed by atoms with van der Waals surface area (Å²) in [5.74, 6) is -0.418. The summed E-state index contributed by atoms with van der Waals surface area (Å²) in [5.41, 5.74) is 0. The number of rotatable bonds is 0. The second kappa shape index (κ2) is 2.01. The Morgan fingerprint density at radius 3 is 2.67 bits per heavy atom. The van der Waals surface area contributed by atoms with Gasteiger partial charge in [0.05, 0.1) is 5.76 Å². The van der Waals surface area contributed by atoms with E-state index in [9.17, 15) is 9.59 Å². The van der Waals surface area contributed by atoms with Crippen molar-refractivity contribution in [3.8, 4) is 0 Å². The van der Waals surface area contributed by atoms with Crippen LogP contribution in [-0.2, 0) is 14.3 Å². The first-order valence-corrected chi connectivity index (χ1v) is 2.58. The quantitative estimate of drug-likeness (QED) is 0.431. The summed E-state index contributed by atoms with van der Waals surface area (Å²) in [5, 5.41) is 0. The van der Waals surface area contributed by atoms with Crippen LogP contribution in [-0.4, -0.2) is 18.2 Å². The first-order chi connectivity index (χ1) is 4.20. The highest BCUT2D eigenvalue weighted by atomic mass is 16.5. The van der Waals surface area contributed by atoms with E-state index in [1.807, 2.05) is 0 Å². The van der Waals surface area contributed by atoms with Crippen LogP contribution in [0.2, 0.25) is 0 Å². The summed E-state index contributed by atoms with van der Waals surface area (Å²) in [6.07, 6.45) is 1.20. The van der Waals surface area contributed by atoms with Crippen LogP contribution in [0.15, 0.2) is 11.8 Å². The Morgan fingerprint density at radius 2 is 2.22 bits per heavy atom. The van der Waals surface area contributed by atoms with E-state index in [1.54, 1.807) is 6.92 Å². The number of hydrogen-bond donors (Lipinski definition) is 0. The third-order valence-corrected chi connectivity index (χ3v) is 1.04. The largest absolute Gasteiger partial charge is 0.490 e. The Balaban J connectivity index is 2.82. The molecule has 0 amide bonds. The Bertz CT molecular complexity index is 190. The van der Waals surface area contributed by atoms with E-state index >= 15 is 0 Å². The normalized spacial score (nSPS) is 19.0. The lowest BCUT2D eigenvalue weighted by Gasteiger charge is -2.07. The van der Waals surface area contributed by atoms with E-state index in [0.717, 1.165) is 0 Å². The molecule has 3 nitrogen and oxygen atoms in total. The van der Waals surface area contributed by atoms with Gasteiger partial charge in [0.1, 0.15) is 0 Å². The van der Waals surface area contributed by atoms with Gasteiger partial charge < -0.3 is 4.74 Å². The van der Waals surface area contributed by atoms with Gasteiger partial charge in [-0.3, -0.25) is 9.59 Å². The van der Waals surface area contributed by atoms with Gasteiger partial charge in [0.15, 0.2) is 6.61 Å². The molecule has 0 aromatic carbocycles. The lowest BCUT2D eigenvalue weighted by molar-refractivity contribution is -0.137. The van der Waals surface area contributed by atoms with Crippen molar-refractivity contribution in [1.82, 2.24) is 0 Å². The Hall–Kier alpha value is -1.12. The molecule has 1 heterocycles. The third kappa shape index (κ3) is 1.16. The van der Waals surface area contributed by atoms with Crippen LogP contribution in [0.4, 0.5) is 0 Å². The van der Waals surface area contributed by atoms with Gasteiger partial charge in [0.25, 0.3) is 0 Å². The standard InChI is InChI=1S/C6H6O3/c1-4-2-5(7)6(8)3-9-4/h2H,3H2,1H3. The minimum absolute atomic E-state index is 0.0961. The van der Waals surface area contributed by atoms with Crippen molar-refractivity contribution in [2.24, 2.45) is 0 Å². The highest BCUT2D eigenvalue weighted by Crippen LogP contribution is 2.02. The molecule has 0 saturated carbocycles. The van der Waals surface area contributed by atoms with Crippen molar-refractivity contribution in [1.29, 1.82) is 0 Å². The maximum atomic E-state index is 10.5. The van der Waals surface area contributed by atoms with Crippen LogP contribution < -0.4 is 0 Å². The van der Waals surface area contributed by atoms with E-state index in [-0.39, 0.29) is 6.61 Å². The molecule has 0 spiro atoms. The summed E-state index contributed by atoms with van der Waals surface area (Å²) in [7, 11) is 0. The highest BCUT2D eigenvalue weighted by Gasteiger charge is 2.16. The second-order valence-corrected chi connectivity index (χ2v) is 1.83. The molecule has 1 aliphatic heterocycles. The van der Waals surface area contributed by atoms with Gasteiger partial charge in [-0.05, 0) is 6.92 Å². The van der Waals surface area contributed by atoms with Crippen LogP contribution in [0, 0.1) is 0 Å². The maximum absolute atomic E-state index is 10.5. The third-order valence-electron chi connectivity index (χ3n) is 1.04. The van der Waals surface area contributed by atoms with Crippen molar-refractivity contribution < 1.29 is 14.3 Å². The molecule has 0 aliphatic carbocycles. The Kier molecular flexibility index (Phi) is 1.34. The van der Waals surface area contributed by atoms with Gasteiger partial charge in [-0.2, -0.15) is 0 Å². The zero-order valence-electron chi connectivity index (χ0n) is 5.01. The molecular formula is C6H6O3. The minimum Gasteiger partial charge on any atom is -0.490 e. The topological polar surface area (TPSA) is 43.4 Å². The Morgan fingerprint density at radius 1 is 1.56 bits per heavy atom. The second-order valence-electron chi connectivity index (χ2n) is 1.83. The number of ketones is 2. The number of ether oxygens (including phenoxy) is 1. The number of Topliss-reactive ketones (excluding diaryl/α,β-unsaturated/α-hetero) is 1. The average molecular weight is 126 g/mol. The lowest BCUT2D eigenvalue weighted by atomic mass is 10.2. The van der Waals surface area contributed by atoms with Crippen molar-refractivity contribution in [3.63, 3.8) is 0 Å². The first kappa shape index (κ1) is 6.01. The molecule has 1 rings (SSSR count). The number of hydrogen-bond acceptors (Lipinski definition) is 3. The van der Waals surface area contributed by atoms with E-state index < -0.39 is 11.6 Å². The van der Waals surface area contributed by atoms with Crippen LogP contribution in [0.1, 0.15) is 6.92 Å². The minimum atomic E-state index is -0.472. The van der Waals surface area contributed by atoms with E-state index in [0.29, 0.717) is 5.76 Å². The molecule has 0 fully saturated rings. The average Bonchev–Trinajstić information content (AvgIpc) is 1.80. The van der Waals surface area contributed by atoms with Crippen LogP contribution in [0.5, 0.6) is 0 Å². The molecule has 0 radical (unpaired) electrons. The summed E-state index contributed by atoms with van der Waals surface area (Å²) in [6, 6.07) is 0. The van der Waals surface area contributed by atoms with Crippen LogP contribution in [0.3, 0.4) is 0 Å². The first-order valence-electron chi connectivity index (χ1n) is 2.58. The lowest BCUT2D eigenvalue weighted by Crippen LogP contribution is -2.22. The highest BCUT2D eigenvalue weighted by molar-refractivity contribution is 6.42. The molecule has 1 aliphatic rings. The summed E-state index contributed by atoms with van der Waals surface area (Å²) < 4.78 is 4.75. The van der Waals surface area contributed by atoms with Crippen molar-refractivity contribution in [2.45, 2.75) is 6.92 Å². The molecule has 0 N–H and O–H groups in total. The zero-order chi connectivity index (χ0) is 6.85. The fourth-order valence-corrected chi connectivity index (χ4v) is 0.557. The SMILES string of the molecule is CC1=CC(=O)C(=O)CO1. The molecular weight excluding hydrogens is 120 g/mol. The van der Waals surface area contributed by atoms with Gasteiger partial charge in [0, 0.05) is 6.08 Å². The van der Waals surface area contributed by atoms with Gasteiger partial charge in [0.2, 0.25) is 11.6 Å². The smallest absolute Gasteiger partial charge is 0.240 e. The summed E-state index contributed by atoms with van der Waals surface area (Å²) >= 11 is 0. The monoisotopic (exact) mass is 126 g/mol. The van der Waals surface area contributed by atoms with Gasteiger partial charge in [-0.15, -0.1) is 0 Å². The van der Waals surface area contributed by atoms with E-state index in [4.69, 9.17) is 4.74 Å².